The molecule has 0 aliphatic carbocycles. The Balaban J connectivity index is 2.24. The number of hydrogen-bond donors (Lipinski definition) is 0. The maximum absolute atomic E-state index is 5.15. The van der Waals surface area contributed by atoms with Crippen molar-refractivity contribution in [3.63, 3.8) is 0 Å². The smallest absolute Gasteiger partial charge is 0.118 e. The third-order valence-electron chi connectivity index (χ3n) is 2.73. The van der Waals surface area contributed by atoms with Gasteiger partial charge in [0.05, 0.1) is 7.11 Å². The lowest BCUT2D eigenvalue weighted by Crippen LogP contribution is -1.96. The maximum Gasteiger partial charge on any atom is 0.118 e. The Kier molecular flexibility index (Phi) is 3.25. The standard InChI is InChI=1S/C15H15O/c1-12(13-6-4-3-5-7-13)14-8-10-15(16-2)11-9-14/h3-11H,1-2H3. The average Bonchev–Trinajstić information content (AvgIpc) is 2.39. The minimum Gasteiger partial charge on any atom is -0.497 e. The SMILES string of the molecule is COc1ccc([C](C)c2ccccc2)cc1. The highest BCUT2D eigenvalue weighted by molar-refractivity contribution is 5.45. The van der Waals surface area contributed by atoms with Crippen molar-refractivity contribution in [2.45, 2.75) is 6.92 Å². The average molecular weight is 211 g/mol. The molecule has 0 saturated heterocycles. The van der Waals surface area contributed by atoms with Crippen LogP contribution in [-0.2, 0) is 0 Å². The summed E-state index contributed by atoms with van der Waals surface area (Å²) in [6.07, 6.45) is 0. The molecule has 0 aliphatic rings. The third kappa shape index (κ3) is 2.25. The Morgan fingerprint density at radius 2 is 1.38 bits per heavy atom. The van der Waals surface area contributed by atoms with Crippen LogP contribution < -0.4 is 4.74 Å². The van der Waals surface area contributed by atoms with E-state index >= 15 is 0 Å². The van der Waals surface area contributed by atoms with E-state index in [1.165, 1.54) is 17.0 Å². The highest BCUT2D eigenvalue weighted by atomic mass is 16.5. The van der Waals surface area contributed by atoms with E-state index < -0.39 is 0 Å². The number of ether oxygens (including phenoxy) is 1. The Bertz CT molecular complexity index is 431. The summed E-state index contributed by atoms with van der Waals surface area (Å²) in [5.41, 5.74) is 2.49. The molecule has 16 heavy (non-hydrogen) atoms. The van der Waals surface area contributed by atoms with Crippen LogP contribution in [0.2, 0.25) is 0 Å². The fraction of sp³-hybridized carbons (Fsp3) is 0.133. The van der Waals surface area contributed by atoms with Crippen LogP contribution in [0.4, 0.5) is 0 Å². The first-order valence-electron chi connectivity index (χ1n) is 5.34. The molecule has 2 rings (SSSR count). The summed E-state index contributed by atoms with van der Waals surface area (Å²) in [5.74, 6) is 2.17. The normalized spacial score (nSPS) is 10.4. The molecule has 1 heteroatoms. The number of rotatable bonds is 3. The second-order valence-corrected chi connectivity index (χ2v) is 3.72. The van der Waals surface area contributed by atoms with Crippen LogP contribution >= 0.6 is 0 Å². The number of benzene rings is 2. The zero-order valence-corrected chi connectivity index (χ0v) is 9.60. The lowest BCUT2D eigenvalue weighted by atomic mass is 9.93. The molecule has 0 fully saturated rings. The van der Waals surface area contributed by atoms with Gasteiger partial charge in [-0.25, -0.2) is 0 Å². The second kappa shape index (κ2) is 4.84. The molecule has 0 bridgehead atoms. The molecule has 0 heterocycles. The van der Waals surface area contributed by atoms with Gasteiger partial charge >= 0.3 is 0 Å². The zero-order valence-electron chi connectivity index (χ0n) is 9.60. The minimum atomic E-state index is 0.893. The summed E-state index contributed by atoms with van der Waals surface area (Å²) in [7, 11) is 1.68. The molecular formula is C15H15O. The van der Waals surface area contributed by atoms with Crippen molar-refractivity contribution >= 4 is 0 Å². The first-order valence-corrected chi connectivity index (χ1v) is 5.34. The van der Waals surface area contributed by atoms with E-state index in [2.05, 4.69) is 43.3 Å². The third-order valence-corrected chi connectivity index (χ3v) is 2.73. The molecule has 0 spiro atoms. The fourth-order valence-electron chi connectivity index (χ4n) is 1.70. The zero-order chi connectivity index (χ0) is 11.4. The van der Waals surface area contributed by atoms with Crippen molar-refractivity contribution in [1.29, 1.82) is 0 Å². The van der Waals surface area contributed by atoms with Gasteiger partial charge in [-0.1, -0.05) is 49.4 Å². The predicted molar refractivity (Wildman–Crippen MR) is 66.6 cm³/mol. The van der Waals surface area contributed by atoms with E-state index in [1.807, 2.05) is 18.2 Å². The summed E-state index contributed by atoms with van der Waals surface area (Å²) in [6.45, 7) is 2.14. The van der Waals surface area contributed by atoms with Gasteiger partial charge in [0.1, 0.15) is 5.75 Å². The molecule has 1 radical (unpaired) electrons. The summed E-state index contributed by atoms with van der Waals surface area (Å²) >= 11 is 0. The van der Waals surface area contributed by atoms with Crippen LogP contribution in [0.25, 0.3) is 0 Å². The maximum atomic E-state index is 5.15. The van der Waals surface area contributed by atoms with E-state index in [0.717, 1.165) is 5.75 Å². The molecule has 0 aliphatic heterocycles. The molecule has 0 unspecified atom stereocenters. The van der Waals surface area contributed by atoms with Gasteiger partial charge in [-0.3, -0.25) is 0 Å². The van der Waals surface area contributed by atoms with Crippen LogP contribution in [0.5, 0.6) is 5.75 Å². The Morgan fingerprint density at radius 1 is 0.812 bits per heavy atom. The van der Waals surface area contributed by atoms with E-state index in [-0.39, 0.29) is 0 Å². The quantitative estimate of drug-likeness (QED) is 0.752. The van der Waals surface area contributed by atoms with Gasteiger partial charge < -0.3 is 4.74 Å². The van der Waals surface area contributed by atoms with Gasteiger partial charge in [-0.05, 0) is 23.3 Å². The number of hydrogen-bond acceptors (Lipinski definition) is 1. The van der Waals surface area contributed by atoms with Gasteiger partial charge in [0.25, 0.3) is 0 Å². The van der Waals surface area contributed by atoms with Gasteiger partial charge in [-0.2, -0.15) is 0 Å². The summed E-state index contributed by atoms with van der Waals surface area (Å²) < 4.78 is 5.15. The van der Waals surface area contributed by atoms with E-state index in [4.69, 9.17) is 4.74 Å². The Morgan fingerprint density at radius 3 is 1.94 bits per heavy atom. The van der Waals surface area contributed by atoms with Crippen LogP contribution in [0.1, 0.15) is 18.1 Å². The predicted octanol–water partition coefficient (Wildman–Crippen LogP) is 3.69. The summed E-state index contributed by atoms with van der Waals surface area (Å²) in [6, 6.07) is 18.5. The molecule has 2 aromatic carbocycles. The van der Waals surface area contributed by atoms with Crippen molar-refractivity contribution in [3.05, 3.63) is 71.6 Å². The van der Waals surface area contributed by atoms with Crippen molar-refractivity contribution in [2.24, 2.45) is 0 Å². The first kappa shape index (κ1) is 10.7. The molecule has 1 nitrogen and oxygen atoms in total. The first-order chi connectivity index (χ1) is 7.81. The largest absolute Gasteiger partial charge is 0.497 e. The molecule has 0 aromatic heterocycles. The van der Waals surface area contributed by atoms with E-state index in [1.54, 1.807) is 7.11 Å². The molecule has 2 aromatic rings. The second-order valence-electron chi connectivity index (χ2n) is 3.72. The van der Waals surface area contributed by atoms with E-state index in [0.29, 0.717) is 0 Å². The summed E-state index contributed by atoms with van der Waals surface area (Å²) in [5, 5.41) is 0. The van der Waals surface area contributed by atoms with Gasteiger partial charge in [-0.15, -0.1) is 0 Å². The molecular weight excluding hydrogens is 196 g/mol. The minimum absolute atomic E-state index is 0.893. The van der Waals surface area contributed by atoms with Crippen LogP contribution in [0.15, 0.2) is 54.6 Å². The lowest BCUT2D eigenvalue weighted by Gasteiger charge is -2.11. The fourth-order valence-corrected chi connectivity index (χ4v) is 1.70. The van der Waals surface area contributed by atoms with Crippen molar-refractivity contribution < 1.29 is 4.74 Å². The van der Waals surface area contributed by atoms with Crippen LogP contribution in [0, 0.1) is 5.92 Å². The highest BCUT2D eigenvalue weighted by Gasteiger charge is 2.08. The van der Waals surface area contributed by atoms with Crippen LogP contribution in [-0.4, -0.2) is 7.11 Å². The van der Waals surface area contributed by atoms with Crippen molar-refractivity contribution in [1.82, 2.24) is 0 Å². The molecule has 0 atom stereocenters. The van der Waals surface area contributed by atoms with Gasteiger partial charge in [0.2, 0.25) is 0 Å². The Labute approximate surface area is 96.7 Å². The number of methoxy groups -OCH3 is 1. The van der Waals surface area contributed by atoms with Crippen molar-refractivity contribution in [3.8, 4) is 5.75 Å². The van der Waals surface area contributed by atoms with Gasteiger partial charge in [0.15, 0.2) is 0 Å². The topological polar surface area (TPSA) is 9.23 Å². The molecule has 0 saturated carbocycles. The van der Waals surface area contributed by atoms with Gasteiger partial charge in [0, 0.05) is 5.92 Å². The van der Waals surface area contributed by atoms with E-state index in [9.17, 15) is 0 Å². The lowest BCUT2D eigenvalue weighted by molar-refractivity contribution is 0.414. The summed E-state index contributed by atoms with van der Waals surface area (Å²) in [4.78, 5) is 0. The Hall–Kier alpha value is -1.76. The molecule has 0 N–H and O–H groups in total. The highest BCUT2D eigenvalue weighted by Crippen LogP contribution is 2.24. The molecule has 0 amide bonds. The monoisotopic (exact) mass is 211 g/mol. The molecule has 81 valence electrons. The van der Waals surface area contributed by atoms with Crippen molar-refractivity contribution in [2.75, 3.05) is 7.11 Å². The van der Waals surface area contributed by atoms with Crippen LogP contribution in [0.3, 0.4) is 0 Å².